The van der Waals surface area contributed by atoms with Crippen molar-refractivity contribution in [3.8, 4) is 0 Å². The number of amides is 1. The molecule has 11 heteroatoms. The van der Waals surface area contributed by atoms with Gasteiger partial charge in [-0.05, 0) is 19.1 Å². The number of halogens is 6. The second-order valence-corrected chi connectivity index (χ2v) is 5.79. The minimum Gasteiger partial charge on any atom is -0.323 e. The van der Waals surface area contributed by atoms with Crippen LogP contribution in [-0.2, 0) is 11.0 Å². The Bertz CT molecular complexity index is 895. The highest BCUT2D eigenvalue weighted by Gasteiger charge is 2.38. The van der Waals surface area contributed by atoms with E-state index in [1.54, 1.807) is 0 Å². The summed E-state index contributed by atoms with van der Waals surface area (Å²) in [5.74, 6) is -5.00. The normalized spacial score (nSPS) is 12.6. The van der Waals surface area contributed by atoms with Crippen molar-refractivity contribution in [2.45, 2.75) is 19.1 Å². The molecule has 1 atom stereocenters. The molecule has 1 aromatic carbocycles. The van der Waals surface area contributed by atoms with Crippen molar-refractivity contribution in [1.82, 2.24) is 4.98 Å². The lowest BCUT2D eigenvalue weighted by atomic mass is 10.00. The zero-order valence-electron chi connectivity index (χ0n) is 13.5. The molecular weight excluding hydrogens is 397 g/mol. The molecule has 0 bridgehead atoms. The molecule has 1 amide bonds. The fraction of sp³-hybridized carbons (Fsp3) is 0.188. The van der Waals surface area contributed by atoms with Crippen molar-refractivity contribution in [1.29, 1.82) is 0 Å². The van der Waals surface area contributed by atoms with E-state index in [1.807, 2.05) is 0 Å². The van der Waals surface area contributed by atoms with Crippen LogP contribution in [0.5, 0.6) is 0 Å². The van der Waals surface area contributed by atoms with E-state index in [9.17, 15) is 31.5 Å². The standard InChI is InChI=1S/C16H11ClF5N3O2/c1-6(23)15(27)25-9-5-24-14(16(20,21)22)12(17)11(9)13(26)10-7(18)3-2-4-8(10)19/h2-6H,23H2,1H3,(H,25,27). The second kappa shape index (κ2) is 7.57. The maximum absolute atomic E-state index is 13.9. The first-order chi connectivity index (χ1) is 12.4. The monoisotopic (exact) mass is 407 g/mol. The summed E-state index contributed by atoms with van der Waals surface area (Å²) < 4.78 is 67.0. The molecule has 3 N–H and O–H groups in total. The topological polar surface area (TPSA) is 85.1 Å². The molecule has 2 rings (SSSR count). The van der Waals surface area contributed by atoms with Crippen LogP contribution in [0.15, 0.2) is 24.4 Å². The van der Waals surface area contributed by atoms with Gasteiger partial charge in [-0.15, -0.1) is 0 Å². The predicted molar refractivity (Wildman–Crippen MR) is 86.3 cm³/mol. The van der Waals surface area contributed by atoms with Gasteiger partial charge in [0, 0.05) is 0 Å². The zero-order chi connectivity index (χ0) is 20.5. The number of anilines is 1. The lowest BCUT2D eigenvalue weighted by molar-refractivity contribution is -0.141. The van der Waals surface area contributed by atoms with Gasteiger partial charge >= 0.3 is 6.18 Å². The number of aromatic nitrogens is 1. The highest BCUT2D eigenvalue weighted by atomic mass is 35.5. The van der Waals surface area contributed by atoms with Crippen molar-refractivity contribution in [3.05, 3.63) is 57.9 Å². The molecule has 0 spiro atoms. The first kappa shape index (κ1) is 20.7. The van der Waals surface area contributed by atoms with Gasteiger partial charge in [-0.3, -0.25) is 9.59 Å². The van der Waals surface area contributed by atoms with Crippen LogP contribution in [0.1, 0.15) is 28.5 Å². The van der Waals surface area contributed by atoms with Gasteiger partial charge in [-0.1, -0.05) is 17.7 Å². The van der Waals surface area contributed by atoms with Gasteiger partial charge in [0.25, 0.3) is 0 Å². The second-order valence-electron chi connectivity index (χ2n) is 5.41. The number of rotatable bonds is 4. The average molecular weight is 408 g/mol. The summed E-state index contributed by atoms with van der Waals surface area (Å²) in [5, 5.41) is 0.865. The van der Waals surface area contributed by atoms with Gasteiger partial charge < -0.3 is 11.1 Å². The van der Waals surface area contributed by atoms with E-state index in [2.05, 4.69) is 10.3 Å². The number of benzene rings is 1. The highest BCUT2D eigenvalue weighted by molar-refractivity contribution is 6.36. The van der Waals surface area contributed by atoms with Crippen molar-refractivity contribution in [3.63, 3.8) is 0 Å². The Kier molecular flexibility index (Phi) is 5.81. The first-order valence-electron chi connectivity index (χ1n) is 7.26. The molecule has 1 heterocycles. The van der Waals surface area contributed by atoms with E-state index < -0.39 is 63.1 Å². The van der Waals surface area contributed by atoms with Crippen LogP contribution in [0.4, 0.5) is 27.6 Å². The summed E-state index contributed by atoms with van der Waals surface area (Å²) in [4.78, 5) is 27.5. The number of nitrogens with zero attached hydrogens (tertiary/aromatic N) is 1. The number of carbonyl (C=O) groups is 2. The Balaban J connectivity index is 2.73. The Labute approximate surface area is 154 Å². The minimum absolute atomic E-state index is 0.515. The Morgan fingerprint density at radius 2 is 1.74 bits per heavy atom. The predicted octanol–water partition coefficient (Wildman–Crippen LogP) is 3.55. The fourth-order valence-corrected chi connectivity index (χ4v) is 2.43. The molecule has 0 saturated carbocycles. The third-order valence-corrected chi connectivity index (χ3v) is 3.74. The molecule has 1 unspecified atom stereocenters. The summed E-state index contributed by atoms with van der Waals surface area (Å²) >= 11 is 5.68. The van der Waals surface area contributed by atoms with Gasteiger partial charge in [0.05, 0.1) is 34.1 Å². The largest absolute Gasteiger partial charge is 0.434 e. The van der Waals surface area contributed by atoms with Gasteiger partial charge in [0.1, 0.15) is 11.6 Å². The number of alkyl halides is 3. The average Bonchev–Trinajstić information content (AvgIpc) is 2.53. The van der Waals surface area contributed by atoms with Crippen LogP contribution in [-0.4, -0.2) is 22.7 Å². The molecule has 27 heavy (non-hydrogen) atoms. The lowest BCUT2D eigenvalue weighted by Crippen LogP contribution is -2.33. The maximum atomic E-state index is 13.9. The van der Waals surface area contributed by atoms with Crippen LogP contribution >= 0.6 is 11.6 Å². The molecule has 0 saturated heterocycles. The molecule has 0 aliphatic carbocycles. The van der Waals surface area contributed by atoms with Crippen LogP contribution in [0.25, 0.3) is 0 Å². The number of carbonyl (C=O) groups excluding carboxylic acids is 2. The van der Waals surface area contributed by atoms with Gasteiger partial charge in [0.2, 0.25) is 11.7 Å². The summed E-state index contributed by atoms with van der Waals surface area (Å²) in [6.07, 6.45) is -4.54. The quantitative estimate of drug-likeness (QED) is 0.599. The third-order valence-electron chi connectivity index (χ3n) is 3.38. The number of nitrogens with one attached hydrogen (secondary N) is 1. The van der Waals surface area contributed by atoms with E-state index in [4.69, 9.17) is 17.3 Å². The van der Waals surface area contributed by atoms with Crippen molar-refractivity contribution >= 4 is 29.0 Å². The van der Waals surface area contributed by atoms with Crippen molar-refractivity contribution in [2.24, 2.45) is 5.73 Å². The Hall–Kier alpha value is -2.59. The zero-order valence-corrected chi connectivity index (χ0v) is 14.3. The van der Waals surface area contributed by atoms with E-state index in [0.717, 1.165) is 18.2 Å². The third kappa shape index (κ3) is 4.22. The van der Waals surface area contributed by atoms with E-state index >= 15 is 0 Å². The van der Waals surface area contributed by atoms with Crippen LogP contribution < -0.4 is 11.1 Å². The van der Waals surface area contributed by atoms with Gasteiger partial charge in [0.15, 0.2) is 5.69 Å². The van der Waals surface area contributed by atoms with E-state index in [0.29, 0.717) is 6.20 Å². The van der Waals surface area contributed by atoms with Crippen LogP contribution in [0.2, 0.25) is 5.02 Å². The molecule has 0 aliphatic rings. The summed E-state index contributed by atoms with van der Waals surface area (Å²) in [5.41, 5.74) is 1.05. The van der Waals surface area contributed by atoms with Crippen LogP contribution in [0, 0.1) is 11.6 Å². The molecule has 144 valence electrons. The smallest absolute Gasteiger partial charge is 0.323 e. The first-order valence-corrected chi connectivity index (χ1v) is 7.63. The lowest BCUT2D eigenvalue weighted by Gasteiger charge is -2.17. The molecular formula is C16H11ClF5N3O2. The number of pyridine rings is 1. The molecule has 0 radical (unpaired) electrons. The van der Waals surface area contributed by atoms with Gasteiger partial charge in [-0.2, -0.15) is 13.2 Å². The summed E-state index contributed by atoms with van der Waals surface area (Å²) in [7, 11) is 0. The molecule has 0 fully saturated rings. The number of ketones is 1. The van der Waals surface area contributed by atoms with Crippen LogP contribution in [0.3, 0.4) is 0 Å². The van der Waals surface area contributed by atoms with Crippen molar-refractivity contribution < 1.29 is 31.5 Å². The molecule has 0 aliphatic heterocycles. The Morgan fingerprint density at radius 3 is 2.22 bits per heavy atom. The van der Waals surface area contributed by atoms with Gasteiger partial charge in [-0.25, -0.2) is 13.8 Å². The van der Waals surface area contributed by atoms with Crippen molar-refractivity contribution in [2.75, 3.05) is 5.32 Å². The molecule has 5 nitrogen and oxygen atoms in total. The molecule has 1 aromatic heterocycles. The summed E-state index contributed by atoms with van der Waals surface area (Å²) in [6.45, 7) is 1.27. The molecule has 2 aromatic rings. The Morgan fingerprint density at radius 1 is 1.19 bits per heavy atom. The number of hydrogen-bond acceptors (Lipinski definition) is 4. The minimum atomic E-state index is -5.05. The fourth-order valence-electron chi connectivity index (χ4n) is 2.09. The SMILES string of the molecule is CC(N)C(=O)Nc1cnc(C(F)(F)F)c(Cl)c1C(=O)c1c(F)cccc1F. The number of nitrogens with two attached hydrogens (primary N) is 1. The number of hydrogen-bond donors (Lipinski definition) is 2. The highest BCUT2D eigenvalue weighted by Crippen LogP contribution is 2.38. The maximum Gasteiger partial charge on any atom is 0.434 e. The van der Waals surface area contributed by atoms with E-state index in [1.165, 1.54) is 6.92 Å². The summed E-state index contributed by atoms with van der Waals surface area (Å²) in [6, 6.07) is 1.36. The van der Waals surface area contributed by atoms with E-state index in [-0.39, 0.29) is 0 Å².